The van der Waals surface area contributed by atoms with E-state index in [1.54, 1.807) is 0 Å². The number of anilines is 1. The van der Waals surface area contributed by atoms with Gasteiger partial charge in [0.1, 0.15) is 0 Å². The van der Waals surface area contributed by atoms with E-state index in [2.05, 4.69) is 63.4 Å². The summed E-state index contributed by atoms with van der Waals surface area (Å²) in [6.07, 6.45) is 5.86. The van der Waals surface area contributed by atoms with Crippen LogP contribution in [-0.2, 0) is 9.53 Å². The topological polar surface area (TPSA) is 66.0 Å². The van der Waals surface area contributed by atoms with Crippen LogP contribution < -0.4 is 15.5 Å². The lowest BCUT2D eigenvalue weighted by atomic mass is 10.1. The third-order valence-corrected chi connectivity index (χ3v) is 5.08. The lowest BCUT2D eigenvalue weighted by molar-refractivity contribution is -0.140. The van der Waals surface area contributed by atoms with Gasteiger partial charge in [-0.3, -0.25) is 9.79 Å². The standard InChI is InChI=1S/C22H36N4O2.HI/c1-4-23-22(24-14-7-5-6-13-21(27)28-3)25-18(2)19-11-10-12-20(17-19)26-15-8-9-16-26;/h10-12,17-18H,4-9,13-16H2,1-3H3,(H2,23,24,25);1H. The van der Waals surface area contributed by atoms with Gasteiger partial charge in [0.15, 0.2) is 5.96 Å². The highest BCUT2D eigenvalue weighted by atomic mass is 127. The number of methoxy groups -OCH3 is 1. The van der Waals surface area contributed by atoms with E-state index in [9.17, 15) is 4.79 Å². The smallest absolute Gasteiger partial charge is 0.305 e. The van der Waals surface area contributed by atoms with Gasteiger partial charge in [0.2, 0.25) is 0 Å². The van der Waals surface area contributed by atoms with Crippen LogP contribution in [-0.4, -0.2) is 45.2 Å². The average molecular weight is 516 g/mol. The van der Waals surface area contributed by atoms with Crippen LogP contribution in [0.4, 0.5) is 5.69 Å². The van der Waals surface area contributed by atoms with Gasteiger partial charge in [-0.1, -0.05) is 18.6 Å². The Morgan fingerprint density at radius 1 is 1.24 bits per heavy atom. The van der Waals surface area contributed by atoms with Crippen molar-refractivity contribution in [3.05, 3.63) is 29.8 Å². The van der Waals surface area contributed by atoms with E-state index in [0.717, 1.165) is 51.4 Å². The highest BCUT2D eigenvalue weighted by Crippen LogP contribution is 2.23. The molecule has 1 fully saturated rings. The monoisotopic (exact) mass is 516 g/mol. The quantitative estimate of drug-likeness (QED) is 0.160. The highest BCUT2D eigenvalue weighted by Gasteiger charge is 2.14. The molecule has 0 spiro atoms. The minimum atomic E-state index is -0.136. The molecule has 1 aliphatic rings. The molecule has 0 bridgehead atoms. The summed E-state index contributed by atoms with van der Waals surface area (Å²) in [5.41, 5.74) is 2.59. The number of aliphatic imine (C=N–C) groups is 1. The van der Waals surface area contributed by atoms with E-state index >= 15 is 0 Å². The number of nitrogens with one attached hydrogen (secondary N) is 2. The summed E-state index contributed by atoms with van der Waals surface area (Å²) >= 11 is 0. The number of guanidine groups is 1. The molecule has 2 N–H and O–H groups in total. The Balaban J connectivity index is 0.00000420. The Morgan fingerprint density at radius 3 is 2.69 bits per heavy atom. The molecule has 1 aromatic rings. The second kappa shape index (κ2) is 14.5. The third-order valence-electron chi connectivity index (χ3n) is 5.08. The van der Waals surface area contributed by atoms with Gasteiger partial charge >= 0.3 is 5.97 Å². The molecular weight excluding hydrogens is 479 g/mol. The largest absolute Gasteiger partial charge is 0.469 e. The summed E-state index contributed by atoms with van der Waals surface area (Å²) in [6.45, 7) is 8.14. The Kier molecular flexibility index (Phi) is 12.7. The van der Waals surface area contributed by atoms with Crippen LogP contribution in [0.25, 0.3) is 0 Å². The molecule has 1 aromatic carbocycles. The van der Waals surface area contributed by atoms with Crippen LogP contribution >= 0.6 is 24.0 Å². The predicted octanol–water partition coefficient (Wildman–Crippen LogP) is 4.25. The molecule has 0 aliphatic carbocycles. The summed E-state index contributed by atoms with van der Waals surface area (Å²) < 4.78 is 4.66. The van der Waals surface area contributed by atoms with Crippen molar-refractivity contribution >= 4 is 41.6 Å². The molecule has 1 saturated heterocycles. The number of carbonyl (C=O) groups is 1. The number of rotatable bonds is 10. The first-order valence-electron chi connectivity index (χ1n) is 10.6. The van der Waals surface area contributed by atoms with Gasteiger partial charge in [-0.25, -0.2) is 0 Å². The average Bonchev–Trinajstić information content (AvgIpc) is 3.25. The van der Waals surface area contributed by atoms with Crippen molar-refractivity contribution in [3.63, 3.8) is 0 Å². The molecule has 1 atom stereocenters. The van der Waals surface area contributed by atoms with Crippen LogP contribution in [0.3, 0.4) is 0 Å². The van der Waals surface area contributed by atoms with Crippen LogP contribution in [0.5, 0.6) is 0 Å². The van der Waals surface area contributed by atoms with Gasteiger partial charge < -0.3 is 20.3 Å². The Morgan fingerprint density at radius 2 is 2.00 bits per heavy atom. The molecule has 6 nitrogen and oxygen atoms in total. The summed E-state index contributed by atoms with van der Waals surface area (Å²) in [6, 6.07) is 8.99. The van der Waals surface area contributed by atoms with Crippen molar-refractivity contribution in [2.45, 2.75) is 58.4 Å². The van der Waals surface area contributed by atoms with E-state index in [4.69, 9.17) is 0 Å². The van der Waals surface area contributed by atoms with Gasteiger partial charge in [-0.05, 0) is 57.2 Å². The third kappa shape index (κ3) is 9.23. The summed E-state index contributed by atoms with van der Waals surface area (Å²) in [7, 11) is 1.43. The van der Waals surface area contributed by atoms with E-state index in [-0.39, 0.29) is 36.0 Å². The summed E-state index contributed by atoms with van der Waals surface area (Å²) in [5.74, 6) is 0.707. The minimum Gasteiger partial charge on any atom is -0.469 e. The number of hydrogen-bond donors (Lipinski definition) is 2. The van der Waals surface area contributed by atoms with Crippen molar-refractivity contribution in [1.29, 1.82) is 0 Å². The van der Waals surface area contributed by atoms with E-state index in [1.165, 1.54) is 31.2 Å². The second-order valence-electron chi connectivity index (χ2n) is 7.30. The summed E-state index contributed by atoms with van der Waals surface area (Å²) in [5, 5.41) is 6.84. The molecule has 29 heavy (non-hydrogen) atoms. The Labute approximate surface area is 192 Å². The van der Waals surface area contributed by atoms with Crippen LogP contribution in [0.1, 0.15) is 64.0 Å². The van der Waals surface area contributed by atoms with Gasteiger partial charge in [-0.15, -0.1) is 24.0 Å². The fourth-order valence-corrected chi connectivity index (χ4v) is 3.43. The van der Waals surface area contributed by atoms with Gasteiger partial charge in [0.25, 0.3) is 0 Å². The Bertz CT molecular complexity index is 633. The fourth-order valence-electron chi connectivity index (χ4n) is 3.43. The van der Waals surface area contributed by atoms with Crippen LogP contribution in [0.2, 0.25) is 0 Å². The maximum atomic E-state index is 11.1. The zero-order chi connectivity index (χ0) is 20.2. The van der Waals surface area contributed by atoms with E-state index in [1.807, 2.05) is 0 Å². The molecule has 0 radical (unpaired) electrons. The molecule has 1 aliphatic heterocycles. The predicted molar refractivity (Wildman–Crippen MR) is 131 cm³/mol. The van der Waals surface area contributed by atoms with Crippen molar-refractivity contribution in [2.75, 3.05) is 38.2 Å². The molecule has 2 rings (SSSR count). The summed E-state index contributed by atoms with van der Waals surface area (Å²) in [4.78, 5) is 18.3. The number of halogens is 1. The molecule has 0 saturated carbocycles. The lowest BCUT2D eigenvalue weighted by Crippen LogP contribution is -2.38. The number of ether oxygens (including phenoxy) is 1. The Hall–Kier alpha value is -1.51. The molecule has 7 heteroatoms. The van der Waals surface area contributed by atoms with E-state index < -0.39 is 0 Å². The molecule has 164 valence electrons. The SMILES string of the molecule is CCNC(=NCCCCCC(=O)OC)NC(C)c1cccc(N2CCCC2)c1.I. The second-order valence-corrected chi connectivity index (χ2v) is 7.30. The van der Waals surface area contributed by atoms with Crippen LogP contribution in [0.15, 0.2) is 29.3 Å². The van der Waals surface area contributed by atoms with Gasteiger partial charge in [0, 0.05) is 38.3 Å². The molecular formula is C22H37IN4O2. The van der Waals surface area contributed by atoms with Crippen LogP contribution in [0, 0.1) is 0 Å². The van der Waals surface area contributed by atoms with Crippen molar-refractivity contribution in [3.8, 4) is 0 Å². The number of nitrogens with zero attached hydrogens (tertiary/aromatic N) is 2. The molecule has 0 aromatic heterocycles. The number of hydrogen-bond acceptors (Lipinski definition) is 4. The zero-order valence-electron chi connectivity index (χ0n) is 18.1. The highest BCUT2D eigenvalue weighted by molar-refractivity contribution is 14.0. The normalized spacial score (nSPS) is 14.9. The van der Waals surface area contributed by atoms with Gasteiger partial charge in [-0.2, -0.15) is 0 Å². The van der Waals surface area contributed by atoms with Crippen molar-refractivity contribution in [1.82, 2.24) is 10.6 Å². The van der Waals surface area contributed by atoms with E-state index in [0.29, 0.717) is 6.42 Å². The molecule has 1 heterocycles. The van der Waals surface area contributed by atoms with Crippen molar-refractivity contribution < 1.29 is 9.53 Å². The number of esters is 1. The molecule has 1 unspecified atom stereocenters. The number of unbranched alkanes of at least 4 members (excludes halogenated alkanes) is 2. The van der Waals surface area contributed by atoms with Crippen molar-refractivity contribution in [2.24, 2.45) is 4.99 Å². The zero-order valence-corrected chi connectivity index (χ0v) is 20.4. The molecule has 0 amide bonds. The maximum absolute atomic E-state index is 11.1. The number of benzene rings is 1. The fraction of sp³-hybridized carbons (Fsp3) is 0.636. The first-order chi connectivity index (χ1) is 13.6. The minimum absolute atomic E-state index is 0. The first kappa shape index (κ1) is 25.5. The lowest BCUT2D eigenvalue weighted by Gasteiger charge is -2.22. The van der Waals surface area contributed by atoms with Gasteiger partial charge in [0.05, 0.1) is 13.2 Å². The number of carbonyl (C=O) groups excluding carboxylic acids is 1. The first-order valence-corrected chi connectivity index (χ1v) is 10.6. The maximum Gasteiger partial charge on any atom is 0.305 e.